The van der Waals surface area contributed by atoms with Gasteiger partial charge in [-0.3, -0.25) is 9.69 Å². The number of aryl methyl sites for hydroxylation is 1. The highest BCUT2D eigenvalue weighted by molar-refractivity contribution is 6.33. The predicted molar refractivity (Wildman–Crippen MR) is 107 cm³/mol. The van der Waals surface area contributed by atoms with Crippen LogP contribution >= 0.6 is 11.6 Å². The van der Waals surface area contributed by atoms with Gasteiger partial charge in [0.05, 0.1) is 17.1 Å². The summed E-state index contributed by atoms with van der Waals surface area (Å²) in [6.07, 6.45) is -2.93. The standard InChI is InChI=1S/C20H22ClF3N4O/c1-14-4-2-5-16(10-14)26-18(29)13-27-6-3-7-28(9-8-27)19-17(21)11-15(12-25-19)20(22,23)24/h2,4-5,10-12H,3,6-9,13H2,1H3,(H,26,29). The molecule has 1 aromatic carbocycles. The second-order valence-corrected chi connectivity index (χ2v) is 7.47. The lowest BCUT2D eigenvalue weighted by Gasteiger charge is -2.23. The number of alkyl halides is 3. The quantitative estimate of drug-likeness (QED) is 0.795. The highest BCUT2D eigenvalue weighted by Crippen LogP contribution is 2.33. The summed E-state index contributed by atoms with van der Waals surface area (Å²) in [7, 11) is 0. The Balaban J connectivity index is 1.58. The molecular formula is C20H22ClF3N4O. The van der Waals surface area contributed by atoms with E-state index in [4.69, 9.17) is 11.6 Å². The molecule has 0 spiro atoms. The number of carbonyl (C=O) groups is 1. The van der Waals surface area contributed by atoms with Crippen molar-refractivity contribution in [2.24, 2.45) is 0 Å². The van der Waals surface area contributed by atoms with Crippen LogP contribution in [0.25, 0.3) is 0 Å². The van der Waals surface area contributed by atoms with E-state index in [1.807, 2.05) is 41.0 Å². The molecule has 29 heavy (non-hydrogen) atoms. The minimum Gasteiger partial charge on any atom is -0.354 e. The molecular weight excluding hydrogens is 405 g/mol. The molecule has 9 heteroatoms. The van der Waals surface area contributed by atoms with E-state index in [1.165, 1.54) is 0 Å². The van der Waals surface area contributed by atoms with Gasteiger partial charge >= 0.3 is 6.18 Å². The van der Waals surface area contributed by atoms with Crippen LogP contribution in [0, 0.1) is 6.92 Å². The van der Waals surface area contributed by atoms with E-state index in [0.29, 0.717) is 32.0 Å². The lowest BCUT2D eigenvalue weighted by molar-refractivity contribution is -0.137. The van der Waals surface area contributed by atoms with Crippen LogP contribution in [-0.4, -0.2) is 48.5 Å². The summed E-state index contributed by atoms with van der Waals surface area (Å²) in [5.74, 6) is 0.237. The van der Waals surface area contributed by atoms with Crippen molar-refractivity contribution in [3.63, 3.8) is 0 Å². The van der Waals surface area contributed by atoms with E-state index in [0.717, 1.165) is 29.9 Å². The fourth-order valence-electron chi connectivity index (χ4n) is 3.29. The number of nitrogens with zero attached hydrogens (tertiary/aromatic N) is 3. The van der Waals surface area contributed by atoms with E-state index in [9.17, 15) is 18.0 Å². The monoisotopic (exact) mass is 426 g/mol. The first-order valence-electron chi connectivity index (χ1n) is 9.29. The normalized spacial score (nSPS) is 15.8. The number of pyridine rings is 1. The van der Waals surface area contributed by atoms with E-state index >= 15 is 0 Å². The van der Waals surface area contributed by atoms with Gasteiger partial charge in [0.15, 0.2) is 0 Å². The number of hydrogen-bond donors (Lipinski definition) is 1. The molecule has 1 N–H and O–H groups in total. The number of halogens is 4. The molecule has 1 saturated heterocycles. The van der Waals surface area contributed by atoms with Gasteiger partial charge in [-0.15, -0.1) is 0 Å². The molecule has 2 aromatic rings. The smallest absolute Gasteiger partial charge is 0.354 e. The fraction of sp³-hybridized carbons (Fsp3) is 0.400. The third-order valence-corrected chi connectivity index (χ3v) is 4.98. The lowest BCUT2D eigenvalue weighted by Crippen LogP contribution is -2.36. The van der Waals surface area contributed by atoms with Crippen molar-refractivity contribution >= 4 is 29.0 Å². The van der Waals surface area contributed by atoms with E-state index in [1.54, 1.807) is 0 Å². The van der Waals surface area contributed by atoms with E-state index in [-0.39, 0.29) is 17.5 Å². The van der Waals surface area contributed by atoms with Gasteiger partial charge in [-0.2, -0.15) is 13.2 Å². The number of hydrogen-bond acceptors (Lipinski definition) is 4. The summed E-state index contributed by atoms with van der Waals surface area (Å²) in [5.41, 5.74) is 0.955. The molecule has 156 valence electrons. The number of nitrogens with one attached hydrogen (secondary N) is 1. The Morgan fingerprint density at radius 3 is 2.69 bits per heavy atom. The zero-order valence-corrected chi connectivity index (χ0v) is 16.7. The van der Waals surface area contributed by atoms with Gasteiger partial charge in [0.1, 0.15) is 5.82 Å². The van der Waals surface area contributed by atoms with Crippen molar-refractivity contribution in [2.45, 2.75) is 19.5 Å². The van der Waals surface area contributed by atoms with Crippen molar-refractivity contribution in [3.8, 4) is 0 Å². The first-order chi connectivity index (χ1) is 13.7. The number of carbonyl (C=O) groups excluding carboxylic acids is 1. The van der Waals surface area contributed by atoms with Gasteiger partial charge < -0.3 is 10.2 Å². The van der Waals surface area contributed by atoms with Crippen molar-refractivity contribution in [3.05, 3.63) is 52.7 Å². The van der Waals surface area contributed by atoms with Gasteiger partial charge in [0.2, 0.25) is 5.91 Å². The molecule has 5 nitrogen and oxygen atoms in total. The first kappa shape index (κ1) is 21.4. The molecule has 1 aliphatic heterocycles. The maximum Gasteiger partial charge on any atom is 0.417 e. The molecule has 0 bridgehead atoms. The predicted octanol–water partition coefficient (Wildman–Crippen LogP) is 4.21. The van der Waals surface area contributed by atoms with Crippen LogP contribution in [0.15, 0.2) is 36.5 Å². The fourth-order valence-corrected chi connectivity index (χ4v) is 3.57. The number of anilines is 2. The Hall–Kier alpha value is -2.32. The molecule has 0 saturated carbocycles. The highest BCUT2D eigenvalue weighted by Gasteiger charge is 2.32. The van der Waals surface area contributed by atoms with Gasteiger partial charge in [-0.1, -0.05) is 23.7 Å². The van der Waals surface area contributed by atoms with Gasteiger partial charge in [-0.25, -0.2) is 4.98 Å². The first-order valence-corrected chi connectivity index (χ1v) is 9.67. The molecule has 3 rings (SSSR count). The topological polar surface area (TPSA) is 48.5 Å². The van der Waals surface area contributed by atoms with Gasteiger partial charge in [0, 0.05) is 38.1 Å². The second kappa shape index (κ2) is 9.00. The van der Waals surface area contributed by atoms with Crippen LogP contribution < -0.4 is 10.2 Å². The number of rotatable bonds is 4. The van der Waals surface area contributed by atoms with Crippen LogP contribution in [0.2, 0.25) is 5.02 Å². The number of aromatic nitrogens is 1. The average molecular weight is 427 g/mol. The molecule has 0 atom stereocenters. The number of amides is 1. The molecule has 2 heterocycles. The van der Waals surface area contributed by atoms with Crippen molar-refractivity contribution < 1.29 is 18.0 Å². The zero-order valence-electron chi connectivity index (χ0n) is 16.0. The molecule has 1 aromatic heterocycles. The molecule has 0 aliphatic carbocycles. The molecule has 0 unspecified atom stereocenters. The third-order valence-electron chi connectivity index (χ3n) is 4.71. The van der Waals surface area contributed by atoms with Gasteiger partial charge in [0.25, 0.3) is 0 Å². The SMILES string of the molecule is Cc1cccc(NC(=O)CN2CCCN(c3ncc(C(F)(F)F)cc3Cl)CC2)c1. The number of benzene rings is 1. The molecule has 1 amide bonds. The summed E-state index contributed by atoms with van der Waals surface area (Å²) in [5, 5.41) is 2.87. The van der Waals surface area contributed by atoms with Gasteiger partial charge in [-0.05, 0) is 37.1 Å². The van der Waals surface area contributed by atoms with E-state index in [2.05, 4.69) is 10.3 Å². The highest BCUT2D eigenvalue weighted by atomic mass is 35.5. The average Bonchev–Trinajstić information content (AvgIpc) is 2.86. The van der Waals surface area contributed by atoms with Crippen LogP contribution in [-0.2, 0) is 11.0 Å². The lowest BCUT2D eigenvalue weighted by atomic mass is 10.2. The Morgan fingerprint density at radius 1 is 1.21 bits per heavy atom. The van der Waals surface area contributed by atoms with Crippen molar-refractivity contribution in [1.82, 2.24) is 9.88 Å². The maximum atomic E-state index is 12.8. The van der Waals surface area contributed by atoms with E-state index < -0.39 is 11.7 Å². The molecule has 1 aliphatic rings. The minimum absolute atomic E-state index is 0.0227. The molecule has 0 radical (unpaired) electrons. The Kier molecular flexibility index (Phi) is 6.64. The summed E-state index contributed by atoms with van der Waals surface area (Å²) in [6, 6.07) is 8.49. The Labute approximate surface area is 172 Å². The summed E-state index contributed by atoms with van der Waals surface area (Å²) >= 11 is 6.06. The van der Waals surface area contributed by atoms with Crippen molar-refractivity contribution in [2.75, 3.05) is 42.9 Å². The largest absolute Gasteiger partial charge is 0.417 e. The third kappa shape index (κ3) is 5.83. The Morgan fingerprint density at radius 2 is 2.00 bits per heavy atom. The van der Waals surface area contributed by atoms with Crippen LogP contribution in [0.3, 0.4) is 0 Å². The molecule has 1 fully saturated rings. The van der Waals surface area contributed by atoms with Crippen LogP contribution in [0.4, 0.5) is 24.7 Å². The van der Waals surface area contributed by atoms with Crippen molar-refractivity contribution in [1.29, 1.82) is 0 Å². The minimum atomic E-state index is -4.48. The summed E-state index contributed by atoms with van der Waals surface area (Å²) in [4.78, 5) is 20.2. The maximum absolute atomic E-state index is 12.8. The van der Waals surface area contributed by atoms with Crippen LogP contribution in [0.5, 0.6) is 0 Å². The zero-order chi connectivity index (χ0) is 21.0. The summed E-state index contributed by atoms with van der Waals surface area (Å²) in [6.45, 7) is 4.62. The Bertz CT molecular complexity index is 875. The summed E-state index contributed by atoms with van der Waals surface area (Å²) < 4.78 is 38.4. The second-order valence-electron chi connectivity index (χ2n) is 7.06. The van der Waals surface area contributed by atoms with Crippen LogP contribution in [0.1, 0.15) is 17.5 Å².